The first-order chi connectivity index (χ1) is 12.5. The Balaban J connectivity index is 1.92. The number of nitrogens with zero attached hydrogens (tertiary/aromatic N) is 3. The van der Waals surface area contributed by atoms with Crippen LogP contribution in [-0.2, 0) is 17.7 Å². The van der Waals surface area contributed by atoms with Crippen molar-refractivity contribution in [3.05, 3.63) is 51.3 Å². The number of anilines is 1. The number of benzene rings is 1. The number of carbonyl (C=O) groups excluding carboxylic acids is 1. The van der Waals surface area contributed by atoms with E-state index in [2.05, 4.69) is 10.4 Å². The Kier molecular flexibility index (Phi) is 5.17. The Morgan fingerprint density at radius 2 is 2.35 bits per heavy atom. The first-order valence-corrected chi connectivity index (χ1v) is 8.34. The van der Waals surface area contributed by atoms with Crippen molar-refractivity contribution in [2.45, 2.75) is 31.8 Å². The minimum Gasteiger partial charge on any atom is -0.465 e. The number of methoxy groups -OCH3 is 1. The maximum Gasteiger partial charge on any atom is 0.340 e. The average molecular weight is 360 g/mol. The lowest BCUT2D eigenvalue weighted by Crippen LogP contribution is -2.20. The van der Waals surface area contributed by atoms with Gasteiger partial charge >= 0.3 is 5.97 Å². The molecule has 1 atom stereocenters. The third kappa shape index (κ3) is 3.38. The second kappa shape index (κ2) is 7.52. The van der Waals surface area contributed by atoms with E-state index >= 15 is 0 Å². The van der Waals surface area contributed by atoms with E-state index in [1.807, 2.05) is 0 Å². The highest BCUT2D eigenvalue weighted by Crippen LogP contribution is 2.34. The standard InChI is InChI=1S/C17H20N4O5/c1-26-17(23)12-9-11(21(24)25)5-6-15(12)19-14-3-2-4-16-13(14)10-18-20(16)7-8-22/h5-6,9-10,14,19,22H,2-4,7-8H2,1H3/t14-/m0/s1. The van der Waals surface area contributed by atoms with Crippen LogP contribution in [0.2, 0.25) is 0 Å². The fraction of sp³-hybridized carbons (Fsp3) is 0.412. The number of esters is 1. The van der Waals surface area contributed by atoms with Crippen LogP contribution in [0.4, 0.5) is 11.4 Å². The SMILES string of the molecule is COC(=O)c1cc([N+](=O)[O-])ccc1N[C@H]1CCCc2c1cnn2CCO. The third-order valence-electron chi connectivity index (χ3n) is 4.52. The molecule has 3 rings (SSSR count). The third-order valence-corrected chi connectivity index (χ3v) is 4.52. The highest BCUT2D eigenvalue weighted by atomic mass is 16.6. The number of hydrogen-bond acceptors (Lipinski definition) is 7. The molecule has 0 saturated carbocycles. The number of aliphatic hydroxyl groups is 1. The van der Waals surface area contributed by atoms with Gasteiger partial charge in [-0.15, -0.1) is 0 Å². The number of rotatable bonds is 6. The van der Waals surface area contributed by atoms with Gasteiger partial charge in [0.25, 0.3) is 5.69 Å². The normalized spacial score (nSPS) is 16.0. The van der Waals surface area contributed by atoms with Crippen molar-refractivity contribution < 1.29 is 19.6 Å². The van der Waals surface area contributed by atoms with Gasteiger partial charge in [-0.2, -0.15) is 5.10 Å². The fourth-order valence-corrected chi connectivity index (χ4v) is 3.29. The molecule has 9 nitrogen and oxygen atoms in total. The van der Waals surface area contributed by atoms with E-state index in [4.69, 9.17) is 9.84 Å². The van der Waals surface area contributed by atoms with Gasteiger partial charge < -0.3 is 15.2 Å². The van der Waals surface area contributed by atoms with Crippen molar-refractivity contribution in [2.75, 3.05) is 19.0 Å². The number of nitrogens with one attached hydrogen (secondary N) is 1. The number of nitro benzene ring substituents is 1. The summed E-state index contributed by atoms with van der Waals surface area (Å²) in [5.74, 6) is -0.636. The largest absolute Gasteiger partial charge is 0.465 e. The molecule has 0 radical (unpaired) electrons. The molecule has 2 aromatic rings. The molecular weight excluding hydrogens is 340 g/mol. The summed E-state index contributed by atoms with van der Waals surface area (Å²) >= 11 is 0. The maximum absolute atomic E-state index is 12.1. The molecule has 9 heteroatoms. The van der Waals surface area contributed by atoms with Crippen molar-refractivity contribution in [3.8, 4) is 0 Å². The Hall–Kier alpha value is -2.94. The van der Waals surface area contributed by atoms with Gasteiger partial charge in [0, 0.05) is 29.1 Å². The summed E-state index contributed by atoms with van der Waals surface area (Å²) in [6.45, 7) is 0.452. The Labute approximate surface area is 149 Å². The summed E-state index contributed by atoms with van der Waals surface area (Å²) in [5.41, 5.74) is 2.51. The molecule has 1 aromatic heterocycles. The molecule has 138 valence electrons. The lowest BCUT2D eigenvalue weighted by Gasteiger charge is -2.26. The molecule has 0 unspecified atom stereocenters. The predicted molar refractivity (Wildman–Crippen MR) is 93.1 cm³/mol. The molecule has 1 aromatic carbocycles. The van der Waals surface area contributed by atoms with Gasteiger partial charge in [0.15, 0.2) is 0 Å². The Morgan fingerprint density at radius 3 is 3.04 bits per heavy atom. The van der Waals surface area contributed by atoms with E-state index in [-0.39, 0.29) is 23.9 Å². The van der Waals surface area contributed by atoms with Gasteiger partial charge in [-0.25, -0.2) is 4.79 Å². The highest BCUT2D eigenvalue weighted by molar-refractivity contribution is 5.96. The van der Waals surface area contributed by atoms with Crippen LogP contribution in [0.3, 0.4) is 0 Å². The molecule has 0 fully saturated rings. The second-order valence-corrected chi connectivity index (χ2v) is 6.06. The smallest absolute Gasteiger partial charge is 0.340 e. The van der Waals surface area contributed by atoms with Crippen LogP contribution in [0.5, 0.6) is 0 Å². The quantitative estimate of drug-likeness (QED) is 0.459. The minimum absolute atomic E-state index is 0.0149. The first-order valence-electron chi connectivity index (χ1n) is 8.34. The number of aliphatic hydroxyl groups excluding tert-OH is 1. The number of hydrogen-bond donors (Lipinski definition) is 2. The van der Waals surface area contributed by atoms with E-state index in [1.54, 1.807) is 10.9 Å². The maximum atomic E-state index is 12.1. The number of ether oxygens (including phenoxy) is 1. The minimum atomic E-state index is -0.636. The van der Waals surface area contributed by atoms with E-state index in [0.717, 1.165) is 30.5 Å². The molecule has 0 aliphatic heterocycles. The zero-order valence-electron chi connectivity index (χ0n) is 14.3. The first kappa shape index (κ1) is 17.9. The average Bonchev–Trinajstić information content (AvgIpc) is 3.05. The molecule has 0 spiro atoms. The topological polar surface area (TPSA) is 120 Å². The van der Waals surface area contributed by atoms with Gasteiger partial charge in [-0.3, -0.25) is 14.8 Å². The van der Waals surface area contributed by atoms with Gasteiger partial charge in [-0.1, -0.05) is 0 Å². The van der Waals surface area contributed by atoms with Gasteiger partial charge in [-0.05, 0) is 25.3 Å². The Morgan fingerprint density at radius 1 is 1.54 bits per heavy atom. The molecule has 0 bridgehead atoms. The molecule has 0 amide bonds. The number of aromatic nitrogens is 2. The van der Waals surface area contributed by atoms with Gasteiger partial charge in [0.1, 0.15) is 0 Å². The fourth-order valence-electron chi connectivity index (χ4n) is 3.29. The summed E-state index contributed by atoms with van der Waals surface area (Å²) in [4.78, 5) is 22.5. The molecule has 1 aliphatic carbocycles. The number of carbonyl (C=O) groups is 1. The lowest BCUT2D eigenvalue weighted by atomic mass is 9.92. The van der Waals surface area contributed by atoms with E-state index < -0.39 is 10.9 Å². The molecule has 0 saturated heterocycles. The van der Waals surface area contributed by atoms with Crippen molar-refractivity contribution in [2.24, 2.45) is 0 Å². The summed E-state index contributed by atoms with van der Waals surface area (Å²) in [5, 5.41) is 27.8. The van der Waals surface area contributed by atoms with E-state index in [1.165, 1.54) is 25.3 Å². The van der Waals surface area contributed by atoms with Crippen LogP contribution in [-0.4, -0.2) is 39.5 Å². The number of non-ortho nitro benzene ring substituents is 1. The van der Waals surface area contributed by atoms with Gasteiger partial charge in [0.05, 0.1) is 43.0 Å². The summed E-state index contributed by atoms with van der Waals surface area (Å²) in [6, 6.07) is 4.02. The van der Waals surface area contributed by atoms with Crippen molar-refractivity contribution >= 4 is 17.3 Å². The Bertz CT molecular complexity index is 833. The zero-order chi connectivity index (χ0) is 18.7. The molecule has 2 N–H and O–H groups in total. The predicted octanol–water partition coefficient (Wildman–Crippen LogP) is 2.06. The van der Waals surface area contributed by atoms with Crippen molar-refractivity contribution in [1.29, 1.82) is 0 Å². The van der Waals surface area contributed by atoms with Crippen molar-refractivity contribution in [1.82, 2.24) is 9.78 Å². The summed E-state index contributed by atoms with van der Waals surface area (Å²) in [6.07, 6.45) is 4.42. The van der Waals surface area contributed by atoms with Crippen LogP contribution in [0.1, 0.15) is 40.5 Å². The lowest BCUT2D eigenvalue weighted by molar-refractivity contribution is -0.384. The molecule has 1 heterocycles. The van der Waals surface area contributed by atoms with Crippen LogP contribution in [0, 0.1) is 10.1 Å². The van der Waals surface area contributed by atoms with Gasteiger partial charge in [0.2, 0.25) is 0 Å². The van der Waals surface area contributed by atoms with E-state index in [9.17, 15) is 14.9 Å². The van der Waals surface area contributed by atoms with Crippen LogP contribution in [0.25, 0.3) is 0 Å². The van der Waals surface area contributed by atoms with Crippen LogP contribution < -0.4 is 5.32 Å². The summed E-state index contributed by atoms with van der Waals surface area (Å²) in [7, 11) is 1.24. The molecule has 26 heavy (non-hydrogen) atoms. The number of fused-ring (bicyclic) bond motifs is 1. The van der Waals surface area contributed by atoms with E-state index in [0.29, 0.717) is 12.2 Å². The number of nitro groups is 1. The van der Waals surface area contributed by atoms with Crippen LogP contribution >= 0.6 is 0 Å². The molecular formula is C17H20N4O5. The van der Waals surface area contributed by atoms with Crippen LogP contribution in [0.15, 0.2) is 24.4 Å². The highest BCUT2D eigenvalue weighted by Gasteiger charge is 2.26. The summed E-state index contributed by atoms with van der Waals surface area (Å²) < 4.78 is 6.55. The zero-order valence-corrected chi connectivity index (χ0v) is 14.3. The monoisotopic (exact) mass is 360 g/mol. The molecule has 1 aliphatic rings. The second-order valence-electron chi connectivity index (χ2n) is 6.06. The van der Waals surface area contributed by atoms with Crippen molar-refractivity contribution in [3.63, 3.8) is 0 Å².